The highest BCUT2D eigenvalue weighted by Gasteiger charge is 2.12. The van der Waals surface area contributed by atoms with Gasteiger partial charge in [-0.15, -0.1) is 0 Å². The molecule has 2 rings (SSSR count). The van der Waals surface area contributed by atoms with E-state index in [1.165, 1.54) is 11.1 Å². The summed E-state index contributed by atoms with van der Waals surface area (Å²) in [7, 11) is 1.69. The fourth-order valence-electron chi connectivity index (χ4n) is 2.37. The molecule has 0 saturated carbocycles. The third-order valence-electron chi connectivity index (χ3n) is 3.64. The number of halogens is 1. The monoisotopic (exact) mass is 378 g/mol. The summed E-state index contributed by atoms with van der Waals surface area (Å²) in [5.41, 5.74) is 2.55. The zero-order chi connectivity index (χ0) is 16.5. The maximum absolute atomic E-state index is 5.85. The van der Waals surface area contributed by atoms with E-state index in [-0.39, 0.29) is 0 Å². The number of methoxy groups -OCH3 is 1. The lowest BCUT2D eigenvalue weighted by molar-refractivity contribution is -0.686. The molecule has 3 nitrogen and oxygen atoms in total. The quantitative estimate of drug-likeness (QED) is 0.671. The van der Waals surface area contributed by atoms with Crippen molar-refractivity contribution in [3.8, 4) is 11.5 Å². The molecule has 4 heteroatoms. The van der Waals surface area contributed by atoms with E-state index in [0.29, 0.717) is 6.61 Å². The normalized spacial score (nSPS) is 10.6. The van der Waals surface area contributed by atoms with E-state index in [0.717, 1.165) is 41.9 Å². The SMILES string of the molecule is CCCCOc1c(Br)cc(C[NH2+]Cc2ccccc2)cc1OC. The molecule has 23 heavy (non-hydrogen) atoms. The van der Waals surface area contributed by atoms with Crippen LogP contribution in [0.5, 0.6) is 11.5 Å². The van der Waals surface area contributed by atoms with Crippen LogP contribution in [0.4, 0.5) is 0 Å². The average Bonchev–Trinajstić information content (AvgIpc) is 2.57. The third-order valence-corrected chi connectivity index (χ3v) is 4.23. The highest BCUT2D eigenvalue weighted by Crippen LogP contribution is 2.36. The topological polar surface area (TPSA) is 35.1 Å². The first-order valence-electron chi connectivity index (χ1n) is 8.09. The minimum absolute atomic E-state index is 0.713. The van der Waals surface area contributed by atoms with Crippen molar-refractivity contribution in [3.63, 3.8) is 0 Å². The molecule has 2 N–H and O–H groups in total. The average molecular weight is 379 g/mol. The summed E-state index contributed by atoms with van der Waals surface area (Å²) >= 11 is 3.61. The van der Waals surface area contributed by atoms with Crippen molar-refractivity contribution in [3.05, 3.63) is 58.1 Å². The molecule has 0 aliphatic heterocycles. The summed E-state index contributed by atoms with van der Waals surface area (Å²) < 4.78 is 12.3. The van der Waals surface area contributed by atoms with Crippen molar-refractivity contribution in [1.29, 1.82) is 0 Å². The molecule has 0 aliphatic rings. The molecule has 0 fully saturated rings. The van der Waals surface area contributed by atoms with Gasteiger partial charge in [0.25, 0.3) is 0 Å². The Morgan fingerprint density at radius 3 is 2.48 bits per heavy atom. The predicted molar refractivity (Wildman–Crippen MR) is 96.9 cm³/mol. The summed E-state index contributed by atoms with van der Waals surface area (Å²) in [6, 6.07) is 14.7. The Kier molecular flexibility index (Phi) is 7.43. The fourth-order valence-corrected chi connectivity index (χ4v) is 2.97. The number of unbranched alkanes of at least 4 members (excludes halogenated alkanes) is 1. The van der Waals surface area contributed by atoms with E-state index >= 15 is 0 Å². The molecule has 0 amide bonds. The number of hydrogen-bond donors (Lipinski definition) is 1. The fraction of sp³-hybridized carbons (Fsp3) is 0.368. The molecular weight excluding hydrogens is 354 g/mol. The van der Waals surface area contributed by atoms with Crippen LogP contribution in [-0.2, 0) is 13.1 Å². The van der Waals surface area contributed by atoms with Gasteiger partial charge >= 0.3 is 0 Å². The summed E-state index contributed by atoms with van der Waals surface area (Å²) in [5, 5.41) is 2.29. The number of benzene rings is 2. The molecule has 0 aliphatic carbocycles. The van der Waals surface area contributed by atoms with Gasteiger partial charge in [-0.2, -0.15) is 0 Å². The molecule has 124 valence electrons. The van der Waals surface area contributed by atoms with Crippen molar-refractivity contribution in [2.75, 3.05) is 13.7 Å². The van der Waals surface area contributed by atoms with Crippen LogP contribution >= 0.6 is 15.9 Å². The van der Waals surface area contributed by atoms with E-state index in [9.17, 15) is 0 Å². The molecule has 0 atom stereocenters. The van der Waals surface area contributed by atoms with Crippen LogP contribution in [0.3, 0.4) is 0 Å². The molecule has 0 heterocycles. The van der Waals surface area contributed by atoms with Crippen LogP contribution in [0, 0.1) is 0 Å². The van der Waals surface area contributed by atoms with Crippen LogP contribution in [-0.4, -0.2) is 13.7 Å². The Hall–Kier alpha value is -1.52. The van der Waals surface area contributed by atoms with Gasteiger partial charge in [0, 0.05) is 11.1 Å². The minimum Gasteiger partial charge on any atom is -0.493 e. The van der Waals surface area contributed by atoms with Gasteiger partial charge in [-0.1, -0.05) is 43.7 Å². The van der Waals surface area contributed by atoms with Gasteiger partial charge in [0.05, 0.1) is 18.2 Å². The molecule has 0 bridgehead atoms. The van der Waals surface area contributed by atoms with Crippen LogP contribution in [0.15, 0.2) is 46.9 Å². The van der Waals surface area contributed by atoms with Crippen LogP contribution in [0.2, 0.25) is 0 Å². The second-order valence-electron chi connectivity index (χ2n) is 5.49. The number of quaternary nitrogens is 1. The number of rotatable bonds is 9. The highest BCUT2D eigenvalue weighted by atomic mass is 79.9. The molecule has 0 radical (unpaired) electrons. The maximum atomic E-state index is 5.85. The van der Waals surface area contributed by atoms with Crippen molar-refractivity contribution in [2.24, 2.45) is 0 Å². The lowest BCUT2D eigenvalue weighted by Crippen LogP contribution is -2.80. The summed E-state index contributed by atoms with van der Waals surface area (Å²) in [4.78, 5) is 0. The van der Waals surface area contributed by atoms with Gasteiger partial charge in [0.1, 0.15) is 13.1 Å². The maximum Gasteiger partial charge on any atom is 0.175 e. The summed E-state index contributed by atoms with van der Waals surface area (Å²) in [6.45, 7) is 4.74. The lowest BCUT2D eigenvalue weighted by atomic mass is 10.2. The van der Waals surface area contributed by atoms with E-state index in [2.05, 4.69) is 64.6 Å². The Labute approximate surface area is 147 Å². The van der Waals surface area contributed by atoms with E-state index in [1.54, 1.807) is 7.11 Å². The second kappa shape index (κ2) is 9.58. The minimum atomic E-state index is 0.713. The van der Waals surface area contributed by atoms with Gasteiger partial charge in [-0.25, -0.2) is 0 Å². The van der Waals surface area contributed by atoms with E-state index in [1.807, 2.05) is 6.07 Å². The first kappa shape index (κ1) is 17.8. The van der Waals surface area contributed by atoms with Gasteiger partial charge < -0.3 is 14.8 Å². The Morgan fingerprint density at radius 1 is 1.04 bits per heavy atom. The first-order chi connectivity index (χ1) is 11.2. The number of nitrogens with two attached hydrogens (primary N) is 1. The summed E-state index contributed by atoms with van der Waals surface area (Å²) in [6.07, 6.45) is 2.16. The molecule has 0 spiro atoms. The van der Waals surface area contributed by atoms with Crippen LogP contribution in [0.25, 0.3) is 0 Å². The van der Waals surface area contributed by atoms with Crippen LogP contribution < -0.4 is 14.8 Å². The Balaban J connectivity index is 1.98. The first-order valence-corrected chi connectivity index (χ1v) is 8.88. The number of hydrogen-bond acceptors (Lipinski definition) is 2. The van der Waals surface area contributed by atoms with Crippen molar-refractivity contribution < 1.29 is 14.8 Å². The smallest absolute Gasteiger partial charge is 0.175 e. The predicted octanol–water partition coefficient (Wildman–Crippen LogP) is 3.90. The Bertz CT molecular complexity index is 602. The van der Waals surface area contributed by atoms with Crippen LogP contribution in [0.1, 0.15) is 30.9 Å². The van der Waals surface area contributed by atoms with Crippen molar-refractivity contribution in [1.82, 2.24) is 0 Å². The van der Waals surface area contributed by atoms with E-state index in [4.69, 9.17) is 9.47 Å². The second-order valence-corrected chi connectivity index (χ2v) is 6.35. The zero-order valence-electron chi connectivity index (χ0n) is 13.8. The molecule has 0 saturated heterocycles. The highest BCUT2D eigenvalue weighted by molar-refractivity contribution is 9.10. The largest absolute Gasteiger partial charge is 0.493 e. The van der Waals surface area contributed by atoms with Crippen molar-refractivity contribution in [2.45, 2.75) is 32.9 Å². The molecule has 0 unspecified atom stereocenters. The number of ether oxygens (including phenoxy) is 2. The van der Waals surface area contributed by atoms with Crippen molar-refractivity contribution >= 4 is 15.9 Å². The summed E-state index contributed by atoms with van der Waals surface area (Å²) in [5.74, 6) is 1.59. The van der Waals surface area contributed by atoms with Gasteiger partial charge in [-0.3, -0.25) is 0 Å². The third kappa shape index (κ3) is 5.56. The van der Waals surface area contributed by atoms with Gasteiger partial charge in [-0.05, 0) is 34.5 Å². The molecule has 2 aromatic carbocycles. The Morgan fingerprint density at radius 2 is 1.78 bits per heavy atom. The van der Waals surface area contributed by atoms with E-state index < -0.39 is 0 Å². The molecule has 2 aromatic rings. The standard InChI is InChI=1S/C19H24BrNO2/c1-3-4-10-23-19-17(20)11-16(12-18(19)22-2)14-21-13-15-8-6-5-7-9-15/h5-9,11-12,21H,3-4,10,13-14H2,1-2H3/p+1. The zero-order valence-corrected chi connectivity index (χ0v) is 15.4. The molecular formula is C19H25BrNO2+. The van der Waals surface area contributed by atoms with Gasteiger partial charge in [0.15, 0.2) is 11.5 Å². The van der Waals surface area contributed by atoms with Gasteiger partial charge in [0.2, 0.25) is 0 Å². The molecule has 0 aromatic heterocycles. The lowest BCUT2D eigenvalue weighted by Gasteiger charge is -2.14.